The van der Waals surface area contributed by atoms with E-state index >= 15 is 0 Å². The molecule has 1 heterocycles. The highest BCUT2D eigenvalue weighted by atomic mass is 32.2. The van der Waals surface area contributed by atoms with Gasteiger partial charge in [-0.25, -0.2) is 0 Å². The van der Waals surface area contributed by atoms with Crippen molar-refractivity contribution in [1.82, 2.24) is 4.98 Å². The summed E-state index contributed by atoms with van der Waals surface area (Å²) in [6.07, 6.45) is 1.58. The second-order valence-electron chi connectivity index (χ2n) is 5.00. The monoisotopic (exact) mass is 340 g/mol. The Hall–Kier alpha value is -2.11. The summed E-state index contributed by atoms with van der Waals surface area (Å²) in [5.41, 5.74) is 5.01. The van der Waals surface area contributed by atoms with Gasteiger partial charge in [0.15, 0.2) is 0 Å². The molecule has 2 aromatic carbocycles. The lowest BCUT2D eigenvalue weighted by Gasteiger charge is -2.07. The Kier molecular flexibility index (Phi) is 5.45. The van der Waals surface area contributed by atoms with E-state index in [-0.39, 0.29) is 5.91 Å². The zero-order chi connectivity index (χ0) is 15.9. The molecule has 116 valence electrons. The standard InChI is InChI=1S/C18H16N2OS2/c21-18(17-10-19-13-23-17)20-16-8-4-7-15(9-16)12-22-11-14-5-2-1-3-6-14/h1-10,13H,11-12H2,(H,20,21). The van der Waals surface area contributed by atoms with Crippen LogP contribution in [0.4, 0.5) is 5.69 Å². The molecular weight excluding hydrogens is 324 g/mol. The molecule has 1 amide bonds. The average molecular weight is 340 g/mol. The van der Waals surface area contributed by atoms with E-state index < -0.39 is 0 Å². The Morgan fingerprint density at radius 3 is 2.61 bits per heavy atom. The van der Waals surface area contributed by atoms with Crippen LogP contribution >= 0.6 is 23.1 Å². The lowest BCUT2D eigenvalue weighted by Crippen LogP contribution is -2.10. The number of nitrogens with one attached hydrogen (secondary N) is 1. The second kappa shape index (κ2) is 7.94. The van der Waals surface area contributed by atoms with Crippen molar-refractivity contribution in [2.75, 3.05) is 5.32 Å². The fourth-order valence-corrected chi connectivity index (χ4v) is 3.58. The molecule has 0 unspecified atom stereocenters. The number of aromatic nitrogens is 1. The molecule has 0 aliphatic rings. The van der Waals surface area contributed by atoms with E-state index in [1.165, 1.54) is 22.5 Å². The summed E-state index contributed by atoms with van der Waals surface area (Å²) < 4.78 is 0. The topological polar surface area (TPSA) is 42.0 Å². The number of thiazole rings is 1. The SMILES string of the molecule is O=C(Nc1cccc(CSCc2ccccc2)c1)c1cncs1. The maximum Gasteiger partial charge on any atom is 0.267 e. The summed E-state index contributed by atoms with van der Waals surface area (Å²) in [6.45, 7) is 0. The highest BCUT2D eigenvalue weighted by Gasteiger charge is 2.07. The first-order valence-electron chi connectivity index (χ1n) is 7.22. The van der Waals surface area contributed by atoms with Crippen LogP contribution in [-0.4, -0.2) is 10.9 Å². The maximum absolute atomic E-state index is 12.0. The quantitative estimate of drug-likeness (QED) is 0.699. The number of thioether (sulfide) groups is 1. The Morgan fingerprint density at radius 2 is 1.83 bits per heavy atom. The minimum absolute atomic E-state index is 0.110. The first-order chi connectivity index (χ1) is 11.3. The lowest BCUT2D eigenvalue weighted by molar-refractivity contribution is 0.103. The molecule has 3 aromatic rings. The Balaban J connectivity index is 1.56. The molecule has 23 heavy (non-hydrogen) atoms. The third-order valence-electron chi connectivity index (χ3n) is 3.22. The highest BCUT2D eigenvalue weighted by Crippen LogP contribution is 2.20. The van der Waals surface area contributed by atoms with E-state index in [0.29, 0.717) is 4.88 Å². The van der Waals surface area contributed by atoms with Crippen LogP contribution in [0.15, 0.2) is 66.3 Å². The van der Waals surface area contributed by atoms with Gasteiger partial charge < -0.3 is 5.32 Å². The second-order valence-corrected chi connectivity index (χ2v) is 6.87. The van der Waals surface area contributed by atoms with Crippen LogP contribution in [0.1, 0.15) is 20.8 Å². The van der Waals surface area contributed by atoms with Gasteiger partial charge in [0.2, 0.25) is 0 Å². The predicted octanol–water partition coefficient (Wildman–Crippen LogP) is 4.83. The molecule has 0 aliphatic carbocycles. The van der Waals surface area contributed by atoms with Crippen molar-refractivity contribution in [3.63, 3.8) is 0 Å². The molecular formula is C18H16N2OS2. The Labute approximate surface area is 143 Å². The minimum Gasteiger partial charge on any atom is -0.321 e. The van der Waals surface area contributed by atoms with Gasteiger partial charge in [0.25, 0.3) is 5.91 Å². The lowest BCUT2D eigenvalue weighted by atomic mass is 10.2. The highest BCUT2D eigenvalue weighted by molar-refractivity contribution is 7.97. The van der Waals surface area contributed by atoms with Crippen molar-refractivity contribution in [2.45, 2.75) is 11.5 Å². The predicted molar refractivity (Wildman–Crippen MR) is 98.0 cm³/mol. The molecule has 0 bridgehead atoms. The van der Waals surface area contributed by atoms with Gasteiger partial charge in [0, 0.05) is 17.2 Å². The fraction of sp³-hybridized carbons (Fsp3) is 0.111. The van der Waals surface area contributed by atoms with Crippen LogP contribution < -0.4 is 5.32 Å². The van der Waals surface area contributed by atoms with Gasteiger partial charge >= 0.3 is 0 Å². The van der Waals surface area contributed by atoms with Crippen LogP contribution in [0, 0.1) is 0 Å². The molecule has 3 rings (SSSR count). The zero-order valence-corrected chi connectivity index (χ0v) is 14.1. The van der Waals surface area contributed by atoms with Crippen LogP contribution in [0.2, 0.25) is 0 Å². The summed E-state index contributed by atoms with van der Waals surface area (Å²) in [5, 5.41) is 2.92. The van der Waals surface area contributed by atoms with Gasteiger partial charge in [-0.2, -0.15) is 11.8 Å². The molecule has 0 aliphatic heterocycles. The third-order valence-corrected chi connectivity index (χ3v) is 5.07. The van der Waals surface area contributed by atoms with Gasteiger partial charge in [-0.3, -0.25) is 9.78 Å². The van der Waals surface area contributed by atoms with E-state index in [1.54, 1.807) is 11.7 Å². The molecule has 0 atom stereocenters. The van der Waals surface area contributed by atoms with Crippen LogP contribution in [-0.2, 0) is 11.5 Å². The average Bonchev–Trinajstić information content (AvgIpc) is 3.11. The number of hydrogen-bond acceptors (Lipinski definition) is 4. The van der Waals surface area contributed by atoms with E-state index in [1.807, 2.05) is 36.0 Å². The van der Waals surface area contributed by atoms with E-state index in [4.69, 9.17) is 0 Å². The van der Waals surface area contributed by atoms with Gasteiger partial charge in [-0.15, -0.1) is 11.3 Å². The number of nitrogens with zero attached hydrogens (tertiary/aromatic N) is 1. The summed E-state index contributed by atoms with van der Waals surface area (Å²) >= 11 is 3.20. The molecule has 0 fully saturated rings. The number of rotatable bonds is 6. The van der Waals surface area contributed by atoms with Crippen molar-refractivity contribution in [3.8, 4) is 0 Å². The van der Waals surface area contributed by atoms with Crippen LogP contribution in [0.5, 0.6) is 0 Å². The number of anilines is 1. The van der Waals surface area contributed by atoms with E-state index in [2.05, 4.69) is 40.6 Å². The fourth-order valence-electron chi connectivity index (χ4n) is 2.12. The minimum atomic E-state index is -0.110. The number of hydrogen-bond donors (Lipinski definition) is 1. The van der Waals surface area contributed by atoms with Crippen molar-refractivity contribution in [3.05, 3.63) is 82.3 Å². The van der Waals surface area contributed by atoms with Gasteiger partial charge in [0.05, 0.1) is 11.7 Å². The van der Waals surface area contributed by atoms with Crippen molar-refractivity contribution in [1.29, 1.82) is 0 Å². The van der Waals surface area contributed by atoms with E-state index in [0.717, 1.165) is 17.2 Å². The molecule has 5 heteroatoms. The molecule has 0 spiro atoms. The third kappa shape index (κ3) is 4.68. The smallest absolute Gasteiger partial charge is 0.267 e. The molecule has 0 saturated heterocycles. The van der Waals surface area contributed by atoms with E-state index in [9.17, 15) is 4.79 Å². The Morgan fingerprint density at radius 1 is 1.04 bits per heavy atom. The first-order valence-corrected chi connectivity index (χ1v) is 9.25. The molecule has 1 N–H and O–H groups in total. The molecule has 3 nitrogen and oxygen atoms in total. The van der Waals surface area contributed by atoms with Crippen LogP contribution in [0.25, 0.3) is 0 Å². The van der Waals surface area contributed by atoms with Gasteiger partial charge in [0.1, 0.15) is 4.88 Å². The Bertz CT molecular complexity index is 758. The summed E-state index contributed by atoms with van der Waals surface area (Å²) in [6, 6.07) is 18.4. The number of amides is 1. The van der Waals surface area contributed by atoms with Gasteiger partial charge in [-0.05, 0) is 23.3 Å². The normalized spacial score (nSPS) is 10.4. The number of carbonyl (C=O) groups excluding carboxylic acids is 1. The summed E-state index contributed by atoms with van der Waals surface area (Å²) in [7, 11) is 0. The molecule has 0 radical (unpaired) electrons. The van der Waals surface area contributed by atoms with Crippen molar-refractivity contribution < 1.29 is 4.79 Å². The maximum atomic E-state index is 12.0. The summed E-state index contributed by atoms with van der Waals surface area (Å²) in [4.78, 5) is 16.6. The number of carbonyl (C=O) groups is 1. The molecule has 0 saturated carbocycles. The molecule has 1 aromatic heterocycles. The van der Waals surface area contributed by atoms with Gasteiger partial charge in [-0.1, -0.05) is 42.5 Å². The zero-order valence-electron chi connectivity index (χ0n) is 12.4. The summed E-state index contributed by atoms with van der Waals surface area (Å²) in [5.74, 6) is 1.79. The largest absolute Gasteiger partial charge is 0.321 e. The van der Waals surface area contributed by atoms with Crippen molar-refractivity contribution >= 4 is 34.7 Å². The van der Waals surface area contributed by atoms with Crippen LogP contribution in [0.3, 0.4) is 0 Å². The van der Waals surface area contributed by atoms with Crippen molar-refractivity contribution in [2.24, 2.45) is 0 Å². The first kappa shape index (κ1) is 15.8. The number of benzene rings is 2.